The first kappa shape index (κ1) is 18.3. The summed E-state index contributed by atoms with van der Waals surface area (Å²) in [7, 11) is 1.59. The molecule has 2 aromatic carbocycles. The second kappa shape index (κ2) is 9.32. The van der Waals surface area contributed by atoms with Crippen LogP contribution in [0.3, 0.4) is 0 Å². The van der Waals surface area contributed by atoms with Gasteiger partial charge in [0.25, 0.3) is 5.91 Å². The number of hydrogen-bond donors (Lipinski definition) is 2. The standard InChI is InChI=1S/C19H23N3O3/c1-4-25-16-11-9-15(10-12-16)14(2)21-22-19(23)13-20-17-7-5-6-8-18(17)24-3/h5-12,20H,4,13H2,1-3H3,(H,22,23)/b21-14-. The fourth-order valence-electron chi connectivity index (χ4n) is 2.18. The Morgan fingerprint density at radius 3 is 2.52 bits per heavy atom. The van der Waals surface area contributed by atoms with Crippen molar-refractivity contribution in [3.05, 3.63) is 54.1 Å². The van der Waals surface area contributed by atoms with Crippen molar-refractivity contribution >= 4 is 17.3 Å². The van der Waals surface area contributed by atoms with Crippen LogP contribution in [0.25, 0.3) is 0 Å². The Morgan fingerprint density at radius 1 is 1.12 bits per heavy atom. The van der Waals surface area contributed by atoms with Gasteiger partial charge in [-0.2, -0.15) is 5.10 Å². The summed E-state index contributed by atoms with van der Waals surface area (Å²) in [6, 6.07) is 15.0. The van der Waals surface area contributed by atoms with Gasteiger partial charge in [0.1, 0.15) is 11.5 Å². The van der Waals surface area contributed by atoms with Gasteiger partial charge in [-0.25, -0.2) is 5.43 Å². The summed E-state index contributed by atoms with van der Waals surface area (Å²) in [5, 5.41) is 7.16. The van der Waals surface area contributed by atoms with Crippen molar-refractivity contribution in [1.82, 2.24) is 5.43 Å². The molecule has 6 nitrogen and oxygen atoms in total. The number of nitrogens with one attached hydrogen (secondary N) is 2. The van der Waals surface area contributed by atoms with E-state index in [0.29, 0.717) is 18.1 Å². The molecule has 6 heteroatoms. The number of benzene rings is 2. The minimum atomic E-state index is -0.240. The summed E-state index contributed by atoms with van der Waals surface area (Å²) in [6.07, 6.45) is 0. The average Bonchev–Trinajstić information content (AvgIpc) is 2.65. The van der Waals surface area contributed by atoms with Crippen molar-refractivity contribution < 1.29 is 14.3 Å². The van der Waals surface area contributed by atoms with Gasteiger partial charge in [0.2, 0.25) is 0 Å². The van der Waals surface area contributed by atoms with Gasteiger partial charge in [-0.1, -0.05) is 12.1 Å². The second-order valence-corrected chi connectivity index (χ2v) is 5.24. The van der Waals surface area contributed by atoms with Crippen molar-refractivity contribution in [3.8, 4) is 11.5 Å². The molecule has 2 N–H and O–H groups in total. The Hall–Kier alpha value is -3.02. The van der Waals surface area contributed by atoms with Crippen molar-refractivity contribution in [1.29, 1.82) is 0 Å². The SMILES string of the molecule is CCOc1ccc(/C(C)=N\NC(=O)CNc2ccccc2OC)cc1. The Kier molecular flexibility index (Phi) is 6.83. The van der Waals surface area contributed by atoms with Gasteiger partial charge in [0.05, 0.1) is 31.7 Å². The number of carbonyl (C=O) groups excluding carboxylic acids is 1. The summed E-state index contributed by atoms with van der Waals surface area (Å²) in [5.41, 5.74) is 4.93. The number of methoxy groups -OCH3 is 1. The lowest BCUT2D eigenvalue weighted by molar-refractivity contribution is -0.119. The van der Waals surface area contributed by atoms with Crippen molar-refractivity contribution in [2.75, 3.05) is 25.6 Å². The second-order valence-electron chi connectivity index (χ2n) is 5.24. The van der Waals surface area contributed by atoms with Crippen LogP contribution < -0.4 is 20.2 Å². The summed E-state index contributed by atoms with van der Waals surface area (Å²) < 4.78 is 10.6. The highest BCUT2D eigenvalue weighted by Gasteiger charge is 2.05. The van der Waals surface area contributed by atoms with Gasteiger partial charge in [-0.05, 0) is 55.8 Å². The summed E-state index contributed by atoms with van der Waals surface area (Å²) in [5.74, 6) is 1.25. The monoisotopic (exact) mass is 341 g/mol. The zero-order chi connectivity index (χ0) is 18.1. The third kappa shape index (κ3) is 5.53. The van der Waals surface area contributed by atoms with Gasteiger partial charge < -0.3 is 14.8 Å². The highest BCUT2D eigenvalue weighted by Crippen LogP contribution is 2.22. The maximum atomic E-state index is 11.9. The molecule has 0 saturated carbocycles. The predicted molar refractivity (Wildman–Crippen MR) is 99.4 cm³/mol. The Labute approximate surface area is 147 Å². The topological polar surface area (TPSA) is 72.0 Å². The lowest BCUT2D eigenvalue weighted by Gasteiger charge is -2.10. The molecule has 0 saturated heterocycles. The van der Waals surface area contributed by atoms with Crippen LogP contribution in [0, 0.1) is 0 Å². The zero-order valence-electron chi connectivity index (χ0n) is 14.7. The number of hydrogen-bond acceptors (Lipinski definition) is 5. The van der Waals surface area contributed by atoms with Crippen LogP contribution in [0.15, 0.2) is 53.6 Å². The number of hydrazone groups is 1. The lowest BCUT2D eigenvalue weighted by atomic mass is 10.1. The zero-order valence-corrected chi connectivity index (χ0v) is 14.7. The van der Waals surface area contributed by atoms with E-state index in [1.165, 1.54) is 0 Å². The highest BCUT2D eigenvalue weighted by atomic mass is 16.5. The number of anilines is 1. The first-order chi connectivity index (χ1) is 12.1. The normalized spacial score (nSPS) is 10.9. The van der Waals surface area contributed by atoms with E-state index >= 15 is 0 Å². The molecular formula is C19H23N3O3. The van der Waals surface area contributed by atoms with E-state index in [-0.39, 0.29) is 12.5 Å². The molecule has 2 rings (SSSR count). The Bertz CT molecular complexity index is 727. The van der Waals surface area contributed by atoms with Crippen LogP contribution in [-0.2, 0) is 4.79 Å². The molecule has 0 fully saturated rings. The van der Waals surface area contributed by atoms with Crippen LogP contribution in [-0.4, -0.2) is 31.9 Å². The molecule has 25 heavy (non-hydrogen) atoms. The maximum Gasteiger partial charge on any atom is 0.259 e. The van der Waals surface area contributed by atoms with Gasteiger partial charge in [0.15, 0.2) is 0 Å². The van der Waals surface area contributed by atoms with Gasteiger partial charge in [-0.3, -0.25) is 4.79 Å². The molecule has 0 spiro atoms. The third-order valence-corrected chi connectivity index (χ3v) is 3.48. The molecule has 0 aliphatic heterocycles. The third-order valence-electron chi connectivity index (χ3n) is 3.48. The van der Waals surface area contributed by atoms with E-state index in [1.54, 1.807) is 7.11 Å². The van der Waals surface area contributed by atoms with Crippen molar-refractivity contribution in [2.45, 2.75) is 13.8 Å². The molecule has 0 atom stereocenters. The first-order valence-corrected chi connectivity index (χ1v) is 8.07. The molecule has 0 aromatic heterocycles. The van der Waals surface area contributed by atoms with Crippen LogP contribution in [0.4, 0.5) is 5.69 Å². The van der Waals surface area contributed by atoms with Gasteiger partial charge in [-0.15, -0.1) is 0 Å². The molecule has 0 bridgehead atoms. The Morgan fingerprint density at radius 2 is 1.84 bits per heavy atom. The molecule has 0 aliphatic rings. The van der Waals surface area contributed by atoms with E-state index in [9.17, 15) is 4.79 Å². The van der Waals surface area contributed by atoms with Crippen LogP contribution >= 0.6 is 0 Å². The maximum absolute atomic E-state index is 11.9. The smallest absolute Gasteiger partial charge is 0.259 e. The van der Waals surface area contributed by atoms with E-state index in [0.717, 1.165) is 17.0 Å². The van der Waals surface area contributed by atoms with E-state index in [4.69, 9.17) is 9.47 Å². The van der Waals surface area contributed by atoms with Crippen LogP contribution in [0.2, 0.25) is 0 Å². The minimum Gasteiger partial charge on any atom is -0.495 e. The summed E-state index contributed by atoms with van der Waals surface area (Å²) >= 11 is 0. The van der Waals surface area contributed by atoms with E-state index in [2.05, 4.69) is 15.8 Å². The molecule has 2 aromatic rings. The summed E-state index contributed by atoms with van der Waals surface area (Å²) in [4.78, 5) is 11.9. The minimum absolute atomic E-state index is 0.0976. The molecule has 0 aliphatic carbocycles. The fraction of sp³-hybridized carbons (Fsp3) is 0.263. The highest BCUT2D eigenvalue weighted by molar-refractivity contribution is 5.99. The molecular weight excluding hydrogens is 318 g/mol. The number of ether oxygens (including phenoxy) is 2. The largest absolute Gasteiger partial charge is 0.495 e. The number of nitrogens with zero attached hydrogens (tertiary/aromatic N) is 1. The number of amides is 1. The predicted octanol–water partition coefficient (Wildman–Crippen LogP) is 3.05. The van der Waals surface area contributed by atoms with Crippen molar-refractivity contribution in [2.24, 2.45) is 5.10 Å². The fourth-order valence-corrected chi connectivity index (χ4v) is 2.18. The van der Waals surface area contributed by atoms with Crippen LogP contribution in [0.1, 0.15) is 19.4 Å². The van der Waals surface area contributed by atoms with Crippen LogP contribution in [0.5, 0.6) is 11.5 Å². The number of para-hydroxylation sites is 2. The summed E-state index contributed by atoms with van der Waals surface area (Å²) in [6.45, 7) is 4.50. The lowest BCUT2D eigenvalue weighted by Crippen LogP contribution is -2.26. The number of carbonyl (C=O) groups is 1. The van der Waals surface area contributed by atoms with E-state index < -0.39 is 0 Å². The molecule has 0 unspecified atom stereocenters. The molecule has 1 amide bonds. The molecule has 0 radical (unpaired) electrons. The van der Waals surface area contributed by atoms with Gasteiger partial charge in [0, 0.05) is 0 Å². The van der Waals surface area contributed by atoms with Crippen molar-refractivity contribution in [3.63, 3.8) is 0 Å². The molecule has 132 valence electrons. The Balaban J connectivity index is 1.88. The van der Waals surface area contributed by atoms with Gasteiger partial charge >= 0.3 is 0 Å². The number of rotatable bonds is 8. The average molecular weight is 341 g/mol. The first-order valence-electron chi connectivity index (χ1n) is 8.07. The molecule has 0 heterocycles. The van der Waals surface area contributed by atoms with E-state index in [1.807, 2.05) is 62.4 Å². The quantitative estimate of drug-likeness (QED) is 0.572.